The topological polar surface area (TPSA) is 74.7 Å². The maximum Gasteiger partial charge on any atom is 0.220 e. The van der Waals surface area contributed by atoms with E-state index in [1.54, 1.807) is 24.9 Å². The number of pyridine rings is 1. The van der Waals surface area contributed by atoms with Crippen LogP contribution < -0.4 is 10.1 Å². The number of nitrogens with zero attached hydrogens (tertiary/aromatic N) is 2. The highest BCUT2D eigenvalue weighted by Gasteiger charge is 2.10. The lowest BCUT2D eigenvalue weighted by Crippen LogP contribution is -2.29. The lowest BCUT2D eigenvalue weighted by Gasteiger charge is -2.26. The highest BCUT2D eigenvalue weighted by molar-refractivity contribution is 7.99. The zero-order chi connectivity index (χ0) is 20.7. The van der Waals surface area contributed by atoms with Crippen molar-refractivity contribution in [3.8, 4) is 5.88 Å². The molecule has 1 amide bonds. The highest BCUT2D eigenvalue weighted by atomic mass is 32.2. The third kappa shape index (κ3) is 11.3. The number of likely N-dealkylation sites (tertiary alicyclic amines) is 1. The number of aliphatic hydroxyl groups is 1. The molecule has 1 unspecified atom stereocenters. The normalized spacial score (nSPS) is 16.1. The fraction of sp³-hybridized carbons (Fsp3) is 0.636. The van der Waals surface area contributed by atoms with Gasteiger partial charge in [0.15, 0.2) is 0 Å². The van der Waals surface area contributed by atoms with E-state index in [1.807, 2.05) is 18.2 Å². The highest BCUT2D eigenvalue weighted by Crippen LogP contribution is 2.15. The molecule has 2 N–H and O–H groups in total. The lowest BCUT2D eigenvalue weighted by atomic mass is 10.1. The standard InChI is InChI=1S/C22H35N3O3S/c1-19(26)18-29-15-7-8-21(27)23-10-3-6-14-28-22-16-20(9-11-24-22)17-25-12-4-2-5-13-25/h3,6,9,11,16,19,26H,2,4-5,7-8,10,12-15,17-18H2,1H3,(H,23,27). The molecule has 7 heteroatoms. The molecule has 0 aliphatic carbocycles. The number of rotatable bonds is 13. The van der Waals surface area contributed by atoms with Gasteiger partial charge in [0.1, 0.15) is 6.61 Å². The van der Waals surface area contributed by atoms with Gasteiger partial charge in [-0.15, -0.1) is 0 Å². The van der Waals surface area contributed by atoms with E-state index in [-0.39, 0.29) is 12.0 Å². The van der Waals surface area contributed by atoms with Crippen LogP contribution in [0, 0.1) is 0 Å². The van der Waals surface area contributed by atoms with Gasteiger partial charge >= 0.3 is 0 Å². The van der Waals surface area contributed by atoms with E-state index in [0.717, 1.165) is 24.5 Å². The number of carbonyl (C=O) groups is 1. The van der Waals surface area contributed by atoms with Crippen LogP contribution in [0.15, 0.2) is 30.5 Å². The number of carbonyl (C=O) groups excluding carboxylic acids is 1. The van der Waals surface area contributed by atoms with Gasteiger partial charge in [0.2, 0.25) is 11.8 Å². The Labute approximate surface area is 179 Å². The van der Waals surface area contributed by atoms with E-state index in [4.69, 9.17) is 4.74 Å². The second kappa shape index (κ2) is 14.4. The zero-order valence-electron chi connectivity index (χ0n) is 17.5. The van der Waals surface area contributed by atoms with Gasteiger partial charge in [-0.3, -0.25) is 9.69 Å². The molecule has 1 aliphatic rings. The van der Waals surface area contributed by atoms with E-state index >= 15 is 0 Å². The number of nitrogens with one attached hydrogen (secondary N) is 1. The predicted octanol–water partition coefficient (Wildman–Crippen LogP) is 3.01. The average Bonchev–Trinajstić information content (AvgIpc) is 2.71. The van der Waals surface area contributed by atoms with Gasteiger partial charge in [-0.1, -0.05) is 12.5 Å². The van der Waals surface area contributed by atoms with Crippen LogP contribution in [0.25, 0.3) is 0 Å². The van der Waals surface area contributed by atoms with Gasteiger partial charge in [0, 0.05) is 37.5 Å². The monoisotopic (exact) mass is 421 g/mol. The first-order valence-corrected chi connectivity index (χ1v) is 11.8. The Balaban J connectivity index is 1.55. The molecule has 6 nitrogen and oxygen atoms in total. The van der Waals surface area contributed by atoms with Crippen LogP contribution in [0.4, 0.5) is 0 Å². The molecule has 1 fully saturated rings. The lowest BCUT2D eigenvalue weighted by molar-refractivity contribution is -0.120. The second-order valence-electron chi connectivity index (χ2n) is 7.45. The van der Waals surface area contributed by atoms with Gasteiger partial charge in [0.05, 0.1) is 6.10 Å². The molecule has 1 aliphatic heterocycles. The van der Waals surface area contributed by atoms with Crippen molar-refractivity contribution in [1.82, 2.24) is 15.2 Å². The number of amides is 1. The van der Waals surface area contributed by atoms with Crippen LogP contribution in [0.2, 0.25) is 0 Å². The van der Waals surface area contributed by atoms with Gasteiger partial charge in [0.25, 0.3) is 0 Å². The first-order valence-electron chi connectivity index (χ1n) is 10.6. The van der Waals surface area contributed by atoms with Crippen molar-refractivity contribution >= 4 is 17.7 Å². The molecule has 162 valence electrons. The summed E-state index contributed by atoms with van der Waals surface area (Å²) < 4.78 is 5.70. The summed E-state index contributed by atoms with van der Waals surface area (Å²) in [7, 11) is 0. The molecular formula is C22H35N3O3S. The van der Waals surface area contributed by atoms with Crippen molar-refractivity contribution in [2.45, 2.75) is 51.7 Å². The molecule has 0 radical (unpaired) electrons. The number of aromatic nitrogens is 1. The van der Waals surface area contributed by atoms with E-state index in [0.29, 0.717) is 25.5 Å². The molecule has 1 aromatic rings. The second-order valence-corrected chi connectivity index (χ2v) is 8.60. The Morgan fingerprint density at radius 3 is 3.00 bits per heavy atom. The van der Waals surface area contributed by atoms with E-state index in [2.05, 4.69) is 21.3 Å². The Morgan fingerprint density at radius 1 is 1.38 bits per heavy atom. The van der Waals surface area contributed by atoms with Gasteiger partial charge in [-0.05, 0) is 62.7 Å². The fourth-order valence-corrected chi connectivity index (χ4v) is 3.99. The molecule has 1 aromatic heterocycles. The molecule has 0 aromatic carbocycles. The maximum atomic E-state index is 11.7. The van der Waals surface area contributed by atoms with Gasteiger partial charge < -0.3 is 15.2 Å². The van der Waals surface area contributed by atoms with Crippen molar-refractivity contribution in [3.63, 3.8) is 0 Å². The summed E-state index contributed by atoms with van der Waals surface area (Å²) in [6.07, 6.45) is 10.6. The molecule has 29 heavy (non-hydrogen) atoms. The first kappa shape index (κ1) is 23.7. The molecule has 1 atom stereocenters. The predicted molar refractivity (Wildman–Crippen MR) is 119 cm³/mol. The number of aliphatic hydroxyl groups excluding tert-OH is 1. The van der Waals surface area contributed by atoms with Crippen LogP contribution >= 0.6 is 11.8 Å². The van der Waals surface area contributed by atoms with Crippen LogP contribution in [0.1, 0.15) is 44.6 Å². The average molecular weight is 422 g/mol. The van der Waals surface area contributed by atoms with Crippen molar-refractivity contribution in [2.75, 3.05) is 37.7 Å². The molecule has 2 rings (SSSR count). The Morgan fingerprint density at radius 2 is 2.21 bits per heavy atom. The summed E-state index contributed by atoms with van der Waals surface area (Å²) >= 11 is 1.68. The van der Waals surface area contributed by atoms with Crippen LogP contribution in [0.5, 0.6) is 5.88 Å². The summed E-state index contributed by atoms with van der Waals surface area (Å²) in [6.45, 7) is 6.02. The molecule has 2 heterocycles. The summed E-state index contributed by atoms with van der Waals surface area (Å²) in [5.41, 5.74) is 1.24. The number of hydrogen-bond acceptors (Lipinski definition) is 6. The van der Waals surface area contributed by atoms with Crippen LogP contribution in [-0.4, -0.2) is 64.7 Å². The molecule has 1 saturated heterocycles. The van der Waals surface area contributed by atoms with Gasteiger partial charge in [-0.2, -0.15) is 11.8 Å². The first-order chi connectivity index (χ1) is 14.1. The Hall–Kier alpha value is -1.57. The Kier molecular flexibility index (Phi) is 11.8. The Bertz CT molecular complexity index is 619. The van der Waals surface area contributed by atoms with Gasteiger partial charge in [-0.25, -0.2) is 4.98 Å². The summed E-state index contributed by atoms with van der Waals surface area (Å²) in [5, 5.41) is 12.1. The quantitative estimate of drug-likeness (QED) is 0.377. The van der Waals surface area contributed by atoms with Crippen molar-refractivity contribution < 1.29 is 14.6 Å². The molecule has 0 saturated carbocycles. The smallest absolute Gasteiger partial charge is 0.220 e. The molecule has 0 bridgehead atoms. The SMILES string of the molecule is CC(O)CSCCCC(=O)NCC=CCOc1cc(CN2CCCCC2)ccn1. The number of thioether (sulfide) groups is 1. The number of piperidine rings is 1. The van der Waals surface area contributed by atoms with Crippen molar-refractivity contribution in [2.24, 2.45) is 0 Å². The summed E-state index contributed by atoms with van der Waals surface area (Å²) in [6, 6.07) is 4.06. The minimum atomic E-state index is -0.284. The fourth-order valence-electron chi connectivity index (χ4n) is 3.14. The summed E-state index contributed by atoms with van der Waals surface area (Å²) in [4.78, 5) is 18.5. The van der Waals surface area contributed by atoms with E-state index < -0.39 is 0 Å². The third-order valence-electron chi connectivity index (χ3n) is 4.62. The third-order valence-corrected chi connectivity index (χ3v) is 5.91. The van der Waals surface area contributed by atoms with Crippen molar-refractivity contribution in [3.05, 3.63) is 36.0 Å². The molecular weight excluding hydrogens is 386 g/mol. The van der Waals surface area contributed by atoms with E-state index in [1.165, 1.54) is 37.9 Å². The van der Waals surface area contributed by atoms with E-state index in [9.17, 15) is 9.90 Å². The minimum Gasteiger partial charge on any atom is -0.473 e. The largest absolute Gasteiger partial charge is 0.473 e. The molecule has 0 spiro atoms. The zero-order valence-corrected chi connectivity index (χ0v) is 18.3. The summed E-state index contributed by atoms with van der Waals surface area (Å²) in [5.74, 6) is 2.31. The maximum absolute atomic E-state index is 11.7. The number of ether oxygens (including phenoxy) is 1. The van der Waals surface area contributed by atoms with Crippen LogP contribution in [0.3, 0.4) is 0 Å². The van der Waals surface area contributed by atoms with Crippen LogP contribution in [-0.2, 0) is 11.3 Å². The minimum absolute atomic E-state index is 0.0558. The van der Waals surface area contributed by atoms with Crippen molar-refractivity contribution in [1.29, 1.82) is 0 Å². The number of hydrogen-bond donors (Lipinski definition) is 2.